The van der Waals surface area contributed by atoms with Crippen LogP contribution in [0.4, 0.5) is 13.2 Å². The highest BCUT2D eigenvalue weighted by atomic mass is 19.4. The van der Waals surface area contributed by atoms with Crippen LogP contribution in [-0.4, -0.2) is 33.0 Å². The zero-order valence-corrected chi connectivity index (χ0v) is 11.5. The first-order valence-electron chi connectivity index (χ1n) is 6.72. The lowest BCUT2D eigenvalue weighted by Crippen LogP contribution is -2.20. The Kier molecular flexibility index (Phi) is 3.44. The molecule has 3 rings (SSSR count). The van der Waals surface area contributed by atoms with Crippen LogP contribution >= 0.6 is 0 Å². The summed E-state index contributed by atoms with van der Waals surface area (Å²) in [6.07, 6.45) is -0.145. The Labute approximate surface area is 120 Å². The summed E-state index contributed by atoms with van der Waals surface area (Å²) >= 11 is 0. The number of hydrogen-bond acceptors (Lipinski definition) is 3. The van der Waals surface area contributed by atoms with Crippen LogP contribution in [0, 0.1) is 0 Å². The number of hydrogen-bond donors (Lipinski definition) is 0. The molecule has 1 aliphatic carbocycles. The Bertz CT molecular complexity index is 614. The lowest BCUT2D eigenvalue weighted by Gasteiger charge is -2.12. The van der Waals surface area contributed by atoms with Gasteiger partial charge in [-0.2, -0.15) is 13.2 Å². The molecule has 0 N–H and O–H groups in total. The van der Waals surface area contributed by atoms with Crippen molar-refractivity contribution in [1.29, 1.82) is 0 Å². The van der Waals surface area contributed by atoms with E-state index in [1.807, 2.05) is 7.05 Å². The molecule has 0 spiro atoms. The van der Waals surface area contributed by atoms with Crippen molar-refractivity contribution in [3.8, 4) is 5.69 Å². The van der Waals surface area contributed by atoms with Gasteiger partial charge in [0, 0.05) is 12.6 Å². The van der Waals surface area contributed by atoms with Gasteiger partial charge in [-0.3, -0.25) is 4.90 Å². The van der Waals surface area contributed by atoms with Crippen LogP contribution in [0.25, 0.3) is 5.69 Å². The number of halogens is 3. The van der Waals surface area contributed by atoms with E-state index in [0.717, 1.165) is 17.8 Å². The van der Waals surface area contributed by atoms with Gasteiger partial charge < -0.3 is 0 Å². The molecule has 1 aromatic carbocycles. The third-order valence-corrected chi connectivity index (χ3v) is 3.58. The van der Waals surface area contributed by atoms with Gasteiger partial charge in [-0.15, -0.1) is 5.10 Å². The maximum atomic E-state index is 12.5. The average Bonchev–Trinajstić information content (AvgIpc) is 3.19. The molecule has 0 amide bonds. The first-order chi connectivity index (χ1) is 9.93. The smallest absolute Gasteiger partial charge is 0.297 e. The molecule has 0 saturated heterocycles. The van der Waals surface area contributed by atoms with Gasteiger partial charge in [0.15, 0.2) is 0 Å². The Morgan fingerprint density at radius 1 is 1.24 bits per heavy atom. The highest BCUT2D eigenvalue weighted by Gasteiger charge is 2.30. The van der Waals surface area contributed by atoms with Crippen molar-refractivity contribution < 1.29 is 13.2 Å². The minimum absolute atomic E-state index is 0.566. The number of nitrogens with zero attached hydrogens (tertiary/aromatic N) is 4. The minimum Gasteiger partial charge on any atom is -0.297 e. The van der Waals surface area contributed by atoms with Gasteiger partial charge in [-0.1, -0.05) is 5.21 Å². The SMILES string of the molecule is CN(Cc1cn(-c2ccc(C(F)(F)F)cc2)nn1)C1CC1. The van der Waals surface area contributed by atoms with Gasteiger partial charge >= 0.3 is 6.18 Å². The monoisotopic (exact) mass is 296 g/mol. The summed E-state index contributed by atoms with van der Waals surface area (Å²) in [5.74, 6) is 0. The lowest BCUT2D eigenvalue weighted by molar-refractivity contribution is -0.137. The molecule has 0 unspecified atom stereocenters. The molecule has 1 fully saturated rings. The third kappa shape index (κ3) is 3.24. The Hall–Kier alpha value is -1.89. The zero-order chi connectivity index (χ0) is 15.0. The van der Waals surface area contributed by atoms with Gasteiger partial charge in [0.25, 0.3) is 0 Å². The van der Waals surface area contributed by atoms with Crippen molar-refractivity contribution in [2.75, 3.05) is 7.05 Å². The van der Waals surface area contributed by atoms with Crippen LogP contribution in [0.3, 0.4) is 0 Å². The normalized spacial score (nSPS) is 15.7. The van der Waals surface area contributed by atoms with Crippen molar-refractivity contribution in [3.05, 3.63) is 41.7 Å². The van der Waals surface area contributed by atoms with Gasteiger partial charge in [-0.25, -0.2) is 4.68 Å². The molecule has 1 heterocycles. The number of alkyl halides is 3. The van der Waals surface area contributed by atoms with E-state index < -0.39 is 11.7 Å². The van der Waals surface area contributed by atoms with Crippen molar-refractivity contribution in [2.45, 2.75) is 31.6 Å². The van der Waals surface area contributed by atoms with E-state index in [0.29, 0.717) is 18.3 Å². The predicted octanol–water partition coefficient (Wildman–Crippen LogP) is 2.88. The number of aromatic nitrogens is 3. The van der Waals surface area contributed by atoms with Gasteiger partial charge in [-0.05, 0) is 44.2 Å². The van der Waals surface area contributed by atoms with E-state index in [2.05, 4.69) is 15.2 Å². The molecule has 0 bridgehead atoms. The maximum absolute atomic E-state index is 12.5. The molecule has 21 heavy (non-hydrogen) atoms. The summed E-state index contributed by atoms with van der Waals surface area (Å²) in [6.45, 7) is 0.700. The third-order valence-electron chi connectivity index (χ3n) is 3.58. The quantitative estimate of drug-likeness (QED) is 0.870. The summed E-state index contributed by atoms with van der Waals surface area (Å²) in [7, 11) is 2.04. The first-order valence-corrected chi connectivity index (χ1v) is 6.72. The van der Waals surface area contributed by atoms with Crippen LogP contribution in [0.5, 0.6) is 0 Å². The second kappa shape index (κ2) is 5.14. The topological polar surface area (TPSA) is 34.0 Å². The van der Waals surface area contributed by atoms with Gasteiger partial charge in [0.1, 0.15) is 0 Å². The molecule has 1 aliphatic rings. The average molecular weight is 296 g/mol. The fourth-order valence-corrected chi connectivity index (χ4v) is 2.20. The molecule has 7 heteroatoms. The van der Waals surface area contributed by atoms with Crippen molar-refractivity contribution >= 4 is 0 Å². The van der Waals surface area contributed by atoms with Crippen LogP contribution in [0.15, 0.2) is 30.5 Å². The van der Waals surface area contributed by atoms with Crippen molar-refractivity contribution in [2.24, 2.45) is 0 Å². The summed E-state index contributed by atoms with van der Waals surface area (Å²) in [5.41, 5.74) is 0.708. The zero-order valence-electron chi connectivity index (χ0n) is 11.5. The van der Waals surface area contributed by atoms with E-state index >= 15 is 0 Å². The van der Waals surface area contributed by atoms with E-state index in [4.69, 9.17) is 0 Å². The minimum atomic E-state index is -4.32. The summed E-state index contributed by atoms with van der Waals surface area (Å²) in [5, 5.41) is 8.03. The van der Waals surface area contributed by atoms with Crippen LogP contribution in [0.2, 0.25) is 0 Å². The second-order valence-corrected chi connectivity index (χ2v) is 5.35. The van der Waals surface area contributed by atoms with Crippen molar-refractivity contribution in [3.63, 3.8) is 0 Å². The van der Waals surface area contributed by atoms with Crippen molar-refractivity contribution in [1.82, 2.24) is 19.9 Å². The molecule has 1 saturated carbocycles. The van der Waals surface area contributed by atoms with E-state index in [1.54, 1.807) is 6.20 Å². The van der Waals surface area contributed by atoms with E-state index in [1.165, 1.54) is 29.7 Å². The molecule has 112 valence electrons. The van der Waals surface area contributed by atoms with Crippen LogP contribution < -0.4 is 0 Å². The number of rotatable bonds is 4. The Morgan fingerprint density at radius 3 is 2.48 bits per heavy atom. The largest absolute Gasteiger partial charge is 0.416 e. The Morgan fingerprint density at radius 2 is 1.90 bits per heavy atom. The first kappa shape index (κ1) is 14.1. The summed E-state index contributed by atoms with van der Waals surface area (Å²) in [4.78, 5) is 2.21. The molecule has 1 aromatic heterocycles. The highest BCUT2D eigenvalue weighted by molar-refractivity contribution is 5.34. The Balaban J connectivity index is 1.73. The molecular weight excluding hydrogens is 281 g/mol. The predicted molar refractivity (Wildman–Crippen MR) is 70.9 cm³/mol. The van der Waals surface area contributed by atoms with E-state index in [-0.39, 0.29) is 0 Å². The molecule has 4 nitrogen and oxygen atoms in total. The molecule has 2 aromatic rings. The fraction of sp³-hybridized carbons (Fsp3) is 0.429. The molecule has 0 radical (unpaired) electrons. The number of benzene rings is 1. The van der Waals surface area contributed by atoms with Gasteiger partial charge in [0.05, 0.1) is 23.1 Å². The second-order valence-electron chi connectivity index (χ2n) is 5.35. The molecule has 0 atom stereocenters. The lowest BCUT2D eigenvalue weighted by atomic mass is 10.2. The van der Waals surface area contributed by atoms with E-state index in [9.17, 15) is 13.2 Å². The maximum Gasteiger partial charge on any atom is 0.416 e. The summed E-state index contributed by atoms with van der Waals surface area (Å²) < 4.78 is 39.0. The molecule has 0 aliphatic heterocycles. The van der Waals surface area contributed by atoms with Crippen LogP contribution in [-0.2, 0) is 12.7 Å². The fourth-order valence-electron chi connectivity index (χ4n) is 2.20. The summed E-state index contributed by atoms with van der Waals surface area (Å²) in [6, 6.07) is 5.51. The standard InChI is InChI=1S/C14H15F3N4/c1-20(12-6-7-12)8-11-9-21(19-18-11)13-4-2-10(3-5-13)14(15,16)17/h2-5,9,12H,6-8H2,1H3. The highest BCUT2D eigenvalue weighted by Crippen LogP contribution is 2.29. The van der Waals surface area contributed by atoms with Gasteiger partial charge in [0.2, 0.25) is 0 Å². The van der Waals surface area contributed by atoms with Crippen LogP contribution in [0.1, 0.15) is 24.1 Å². The molecular formula is C14H15F3N4.